The van der Waals surface area contributed by atoms with Crippen molar-refractivity contribution in [2.75, 3.05) is 33.8 Å². The fraction of sp³-hybridized carbons (Fsp3) is 0.923. The first-order chi connectivity index (χ1) is 8.17. The minimum atomic E-state index is -0.166. The molecule has 2 unspecified atom stereocenters. The van der Waals surface area contributed by atoms with Crippen LogP contribution in [0.3, 0.4) is 0 Å². The van der Waals surface area contributed by atoms with Crippen LogP contribution in [-0.4, -0.2) is 50.7 Å². The number of esters is 1. The number of likely N-dealkylation sites (N-methyl/N-ethyl adjacent to an activating group) is 1. The molecule has 1 aliphatic rings. The van der Waals surface area contributed by atoms with Gasteiger partial charge in [0.25, 0.3) is 0 Å². The standard InChI is InChI=1S/C13H26N2O2/c1-11-5-4-8-15(9-6-11)10-7-12(14-2)13(16)17-3/h11-12,14H,4-10H2,1-3H3. The molecule has 1 rings (SSSR count). The van der Waals surface area contributed by atoms with Gasteiger partial charge in [-0.3, -0.25) is 4.79 Å². The smallest absolute Gasteiger partial charge is 0.322 e. The third kappa shape index (κ3) is 5.04. The molecular formula is C13H26N2O2. The molecule has 2 atom stereocenters. The van der Waals surface area contributed by atoms with E-state index < -0.39 is 0 Å². The van der Waals surface area contributed by atoms with Crippen molar-refractivity contribution in [3.05, 3.63) is 0 Å². The van der Waals surface area contributed by atoms with E-state index in [2.05, 4.69) is 17.1 Å². The molecule has 1 N–H and O–H groups in total. The van der Waals surface area contributed by atoms with E-state index in [1.54, 1.807) is 0 Å². The highest BCUT2D eigenvalue weighted by atomic mass is 16.5. The Labute approximate surface area is 105 Å². The lowest BCUT2D eigenvalue weighted by molar-refractivity contribution is -0.143. The maximum absolute atomic E-state index is 11.4. The molecule has 0 saturated carbocycles. The van der Waals surface area contributed by atoms with Crippen molar-refractivity contribution in [1.29, 1.82) is 0 Å². The Morgan fingerprint density at radius 2 is 2.24 bits per heavy atom. The largest absolute Gasteiger partial charge is 0.468 e. The fourth-order valence-corrected chi connectivity index (χ4v) is 2.38. The van der Waals surface area contributed by atoms with Gasteiger partial charge in [0.2, 0.25) is 0 Å². The second-order valence-electron chi connectivity index (χ2n) is 5.03. The normalized spacial score (nSPS) is 24.1. The minimum Gasteiger partial charge on any atom is -0.468 e. The summed E-state index contributed by atoms with van der Waals surface area (Å²) in [6, 6.07) is -0.166. The van der Waals surface area contributed by atoms with E-state index >= 15 is 0 Å². The number of likely N-dealkylation sites (tertiary alicyclic amines) is 1. The molecular weight excluding hydrogens is 216 g/mol. The summed E-state index contributed by atoms with van der Waals surface area (Å²) in [4.78, 5) is 13.9. The number of carbonyl (C=O) groups is 1. The van der Waals surface area contributed by atoms with Gasteiger partial charge in [-0.25, -0.2) is 0 Å². The summed E-state index contributed by atoms with van der Waals surface area (Å²) in [6.07, 6.45) is 4.73. The van der Waals surface area contributed by atoms with Crippen LogP contribution in [0, 0.1) is 5.92 Å². The number of hydrogen-bond donors (Lipinski definition) is 1. The molecule has 1 saturated heterocycles. The molecule has 1 fully saturated rings. The zero-order valence-corrected chi connectivity index (χ0v) is 11.4. The lowest BCUT2D eigenvalue weighted by Crippen LogP contribution is -2.39. The maximum atomic E-state index is 11.4. The van der Waals surface area contributed by atoms with Crippen LogP contribution in [-0.2, 0) is 9.53 Å². The molecule has 0 aromatic rings. The number of ether oxygens (including phenoxy) is 1. The molecule has 4 heteroatoms. The van der Waals surface area contributed by atoms with Gasteiger partial charge in [-0.2, -0.15) is 0 Å². The van der Waals surface area contributed by atoms with Gasteiger partial charge < -0.3 is 15.0 Å². The van der Waals surface area contributed by atoms with Crippen molar-refractivity contribution in [1.82, 2.24) is 10.2 Å². The molecule has 0 spiro atoms. The molecule has 1 heterocycles. The number of carbonyl (C=O) groups excluding carboxylic acids is 1. The van der Waals surface area contributed by atoms with Crippen molar-refractivity contribution in [2.24, 2.45) is 5.92 Å². The number of nitrogens with one attached hydrogen (secondary N) is 1. The van der Waals surface area contributed by atoms with Gasteiger partial charge in [-0.15, -0.1) is 0 Å². The highest BCUT2D eigenvalue weighted by Gasteiger charge is 2.19. The third-order valence-electron chi connectivity index (χ3n) is 3.68. The van der Waals surface area contributed by atoms with Crippen LogP contribution in [0.1, 0.15) is 32.6 Å². The number of methoxy groups -OCH3 is 1. The Morgan fingerprint density at radius 3 is 2.88 bits per heavy atom. The monoisotopic (exact) mass is 242 g/mol. The topological polar surface area (TPSA) is 41.6 Å². The molecule has 4 nitrogen and oxygen atoms in total. The van der Waals surface area contributed by atoms with Crippen LogP contribution in [0.15, 0.2) is 0 Å². The molecule has 0 aromatic carbocycles. The van der Waals surface area contributed by atoms with Gasteiger partial charge in [0.15, 0.2) is 0 Å². The lowest BCUT2D eigenvalue weighted by atomic mass is 10.0. The van der Waals surface area contributed by atoms with Crippen molar-refractivity contribution in [3.63, 3.8) is 0 Å². The van der Waals surface area contributed by atoms with E-state index in [-0.39, 0.29) is 12.0 Å². The Hall–Kier alpha value is -0.610. The lowest BCUT2D eigenvalue weighted by Gasteiger charge is -2.22. The van der Waals surface area contributed by atoms with Crippen molar-refractivity contribution in [2.45, 2.75) is 38.6 Å². The molecule has 0 radical (unpaired) electrons. The number of hydrogen-bond acceptors (Lipinski definition) is 4. The van der Waals surface area contributed by atoms with Crippen LogP contribution in [0.2, 0.25) is 0 Å². The predicted octanol–water partition coefficient (Wildman–Crippen LogP) is 1.26. The summed E-state index contributed by atoms with van der Waals surface area (Å²) < 4.78 is 4.76. The van der Waals surface area contributed by atoms with Crippen molar-refractivity contribution >= 4 is 5.97 Å². The SMILES string of the molecule is CNC(CCN1CCCC(C)CC1)C(=O)OC. The van der Waals surface area contributed by atoms with E-state index in [1.807, 2.05) is 7.05 Å². The maximum Gasteiger partial charge on any atom is 0.322 e. The number of nitrogens with zero attached hydrogens (tertiary/aromatic N) is 1. The third-order valence-corrected chi connectivity index (χ3v) is 3.68. The summed E-state index contributed by atoms with van der Waals surface area (Å²) in [5.74, 6) is 0.691. The summed E-state index contributed by atoms with van der Waals surface area (Å²) in [6.45, 7) is 5.64. The quantitative estimate of drug-likeness (QED) is 0.737. The van der Waals surface area contributed by atoms with Crippen molar-refractivity contribution < 1.29 is 9.53 Å². The van der Waals surface area contributed by atoms with E-state index in [9.17, 15) is 4.79 Å². The Morgan fingerprint density at radius 1 is 1.47 bits per heavy atom. The average Bonchev–Trinajstić information content (AvgIpc) is 2.54. The zero-order chi connectivity index (χ0) is 12.7. The molecule has 0 bridgehead atoms. The summed E-state index contributed by atoms with van der Waals surface area (Å²) in [5.41, 5.74) is 0. The van der Waals surface area contributed by atoms with E-state index in [0.29, 0.717) is 0 Å². The summed E-state index contributed by atoms with van der Waals surface area (Å²) in [5, 5.41) is 3.02. The highest BCUT2D eigenvalue weighted by Crippen LogP contribution is 2.16. The van der Waals surface area contributed by atoms with E-state index in [0.717, 1.165) is 18.9 Å². The van der Waals surface area contributed by atoms with Crippen LogP contribution in [0.25, 0.3) is 0 Å². The molecule has 17 heavy (non-hydrogen) atoms. The van der Waals surface area contributed by atoms with Gasteiger partial charge in [-0.05, 0) is 51.7 Å². The van der Waals surface area contributed by atoms with Crippen LogP contribution in [0.4, 0.5) is 0 Å². The van der Waals surface area contributed by atoms with E-state index in [4.69, 9.17) is 4.74 Å². The number of rotatable bonds is 5. The molecule has 0 aliphatic carbocycles. The Balaban J connectivity index is 2.30. The van der Waals surface area contributed by atoms with Gasteiger partial charge >= 0.3 is 5.97 Å². The molecule has 0 amide bonds. The van der Waals surface area contributed by atoms with Gasteiger partial charge in [0.1, 0.15) is 6.04 Å². The van der Waals surface area contributed by atoms with Crippen LogP contribution in [0.5, 0.6) is 0 Å². The zero-order valence-electron chi connectivity index (χ0n) is 11.4. The first-order valence-electron chi connectivity index (χ1n) is 6.64. The summed E-state index contributed by atoms with van der Waals surface area (Å²) in [7, 11) is 3.26. The Kier molecular flexibility index (Phi) is 6.52. The highest BCUT2D eigenvalue weighted by molar-refractivity contribution is 5.75. The van der Waals surface area contributed by atoms with Gasteiger partial charge in [0.05, 0.1) is 7.11 Å². The predicted molar refractivity (Wildman–Crippen MR) is 68.9 cm³/mol. The van der Waals surface area contributed by atoms with Crippen LogP contribution >= 0.6 is 0 Å². The second-order valence-corrected chi connectivity index (χ2v) is 5.03. The molecule has 100 valence electrons. The van der Waals surface area contributed by atoms with Crippen LogP contribution < -0.4 is 5.32 Å². The average molecular weight is 242 g/mol. The second kappa shape index (κ2) is 7.67. The van der Waals surface area contributed by atoms with Gasteiger partial charge in [-0.1, -0.05) is 6.92 Å². The first-order valence-corrected chi connectivity index (χ1v) is 6.64. The van der Waals surface area contributed by atoms with E-state index in [1.165, 1.54) is 39.5 Å². The first kappa shape index (κ1) is 14.5. The van der Waals surface area contributed by atoms with Crippen molar-refractivity contribution in [3.8, 4) is 0 Å². The minimum absolute atomic E-state index is 0.157. The summed E-state index contributed by atoms with van der Waals surface area (Å²) >= 11 is 0. The molecule has 1 aliphatic heterocycles. The van der Waals surface area contributed by atoms with Gasteiger partial charge in [0, 0.05) is 6.54 Å². The Bertz CT molecular complexity index is 233. The molecule has 0 aromatic heterocycles. The fourth-order valence-electron chi connectivity index (χ4n) is 2.38.